The molecular formula is C7H6ClN5OS. The largest absolute Gasteiger partial charge is 0.361 e. The molecule has 2 rings (SSSR count). The van der Waals surface area contributed by atoms with E-state index in [1.807, 2.05) is 0 Å². The highest BCUT2D eigenvalue weighted by Crippen LogP contribution is 2.17. The molecular weight excluding hydrogens is 238 g/mol. The maximum atomic E-state index is 10.7. The van der Waals surface area contributed by atoms with Gasteiger partial charge in [0.05, 0.1) is 24.0 Å². The van der Waals surface area contributed by atoms with E-state index in [0.29, 0.717) is 23.2 Å². The summed E-state index contributed by atoms with van der Waals surface area (Å²) >= 11 is 6.76. The molecule has 2 aromatic heterocycles. The van der Waals surface area contributed by atoms with Crippen LogP contribution in [0.4, 0.5) is 5.82 Å². The Balaban J connectivity index is 2.02. The number of halogens is 1. The van der Waals surface area contributed by atoms with E-state index in [9.17, 15) is 4.79 Å². The Hall–Kier alpha value is -1.47. The summed E-state index contributed by atoms with van der Waals surface area (Å²) in [6, 6.07) is 3.03. The van der Waals surface area contributed by atoms with Gasteiger partial charge in [-0.15, -0.1) is 0 Å². The van der Waals surface area contributed by atoms with Gasteiger partial charge in [0.15, 0.2) is 11.0 Å². The fourth-order valence-electron chi connectivity index (χ4n) is 0.929. The molecule has 2 heterocycles. The van der Waals surface area contributed by atoms with Gasteiger partial charge >= 0.3 is 0 Å². The van der Waals surface area contributed by atoms with Gasteiger partial charge < -0.3 is 5.32 Å². The number of aromatic amines is 1. The fourth-order valence-corrected chi connectivity index (χ4v) is 1.61. The second kappa shape index (κ2) is 4.37. The van der Waals surface area contributed by atoms with Crippen LogP contribution in [-0.4, -0.2) is 18.9 Å². The number of aromatic nitrogens is 4. The summed E-state index contributed by atoms with van der Waals surface area (Å²) < 4.78 is 7.73. The van der Waals surface area contributed by atoms with E-state index < -0.39 is 0 Å². The van der Waals surface area contributed by atoms with Crippen LogP contribution >= 0.6 is 23.3 Å². The molecule has 0 saturated heterocycles. The average molecular weight is 244 g/mol. The highest BCUT2D eigenvalue weighted by molar-refractivity contribution is 6.99. The fraction of sp³-hybridized carbons (Fsp3) is 0.143. The maximum absolute atomic E-state index is 10.7. The van der Waals surface area contributed by atoms with Crippen molar-refractivity contribution < 1.29 is 0 Å². The molecule has 78 valence electrons. The summed E-state index contributed by atoms with van der Waals surface area (Å²) in [4.78, 5) is 10.7. The molecule has 0 fully saturated rings. The first kappa shape index (κ1) is 10.1. The summed E-state index contributed by atoms with van der Waals surface area (Å²) in [6.45, 7) is 0.432. The van der Waals surface area contributed by atoms with Gasteiger partial charge in [-0.05, 0) is 6.07 Å². The van der Waals surface area contributed by atoms with Gasteiger partial charge in [-0.3, -0.25) is 4.79 Å². The lowest BCUT2D eigenvalue weighted by molar-refractivity contribution is 0.899. The minimum atomic E-state index is -0.230. The molecule has 6 nitrogen and oxygen atoms in total. The summed E-state index contributed by atoms with van der Waals surface area (Å²) in [5.41, 5.74) is 0.464. The van der Waals surface area contributed by atoms with E-state index in [-0.39, 0.29) is 5.56 Å². The third kappa shape index (κ3) is 2.51. The summed E-state index contributed by atoms with van der Waals surface area (Å²) in [5, 5.41) is 9.44. The number of hydrogen-bond acceptors (Lipinski definition) is 6. The summed E-state index contributed by atoms with van der Waals surface area (Å²) in [7, 11) is 0. The number of anilines is 1. The molecule has 0 radical (unpaired) electrons. The molecule has 0 bridgehead atoms. The van der Waals surface area contributed by atoms with Gasteiger partial charge in [0.2, 0.25) is 0 Å². The smallest absolute Gasteiger partial charge is 0.264 e. The Bertz CT molecular complexity index is 490. The van der Waals surface area contributed by atoms with Gasteiger partial charge in [0.25, 0.3) is 5.56 Å². The predicted molar refractivity (Wildman–Crippen MR) is 57.1 cm³/mol. The zero-order valence-corrected chi connectivity index (χ0v) is 8.97. The lowest BCUT2D eigenvalue weighted by Crippen LogP contribution is -2.10. The van der Waals surface area contributed by atoms with Crippen molar-refractivity contribution in [1.29, 1.82) is 0 Å². The summed E-state index contributed by atoms with van der Waals surface area (Å²) in [6.07, 6.45) is 0. The average Bonchev–Trinajstić information content (AvgIpc) is 2.63. The van der Waals surface area contributed by atoms with Crippen molar-refractivity contribution in [3.63, 3.8) is 0 Å². The monoisotopic (exact) mass is 243 g/mol. The first-order valence-corrected chi connectivity index (χ1v) is 5.13. The quantitative estimate of drug-likeness (QED) is 0.836. The lowest BCUT2D eigenvalue weighted by Gasteiger charge is -2.00. The first-order chi connectivity index (χ1) is 7.25. The Morgan fingerprint density at radius 2 is 2.33 bits per heavy atom. The van der Waals surface area contributed by atoms with Crippen LogP contribution in [0.5, 0.6) is 0 Å². The van der Waals surface area contributed by atoms with Crippen LogP contribution < -0.4 is 10.9 Å². The van der Waals surface area contributed by atoms with Crippen LogP contribution in [0, 0.1) is 0 Å². The molecule has 0 aromatic carbocycles. The van der Waals surface area contributed by atoms with E-state index in [1.54, 1.807) is 6.07 Å². The van der Waals surface area contributed by atoms with Crippen molar-refractivity contribution in [2.75, 3.05) is 5.32 Å². The van der Waals surface area contributed by atoms with Crippen molar-refractivity contribution in [1.82, 2.24) is 18.9 Å². The van der Waals surface area contributed by atoms with Gasteiger partial charge in [0.1, 0.15) is 0 Å². The molecule has 0 aliphatic heterocycles. The van der Waals surface area contributed by atoms with Gasteiger partial charge in [0, 0.05) is 6.07 Å². The normalized spacial score (nSPS) is 10.2. The van der Waals surface area contributed by atoms with Crippen LogP contribution in [0.2, 0.25) is 5.15 Å². The van der Waals surface area contributed by atoms with E-state index in [1.165, 1.54) is 6.07 Å². The standard InChI is InChI=1S/C7H6ClN5OS/c8-6-7(13-15-12-6)9-3-4-1-2-5(14)11-10-4/h1-2H,3H2,(H,9,13)(H,11,14). The summed E-state index contributed by atoms with van der Waals surface area (Å²) in [5.74, 6) is 0.523. The topological polar surface area (TPSA) is 83.6 Å². The Morgan fingerprint density at radius 1 is 1.47 bits per heavy atom. The third-order valence-electron chi connectivity index (χ3n) is 1.62. The number of H-pyrrole nitrogens is 1. The van der Waals surface area contributed by atoms with E-state index >= 15 is 0 Å². The van der Waals surface area contributed by atoms with Crippen LogP contribution in [0.25, 0.3) is 0 Å². The Labute approximate surface area is 93.6 Å². The minimum Gasteiger partial charge on any atom is -0.361 e. The van der Waals surface area contributed by atoms with Crippen LogP contribution in [-0.2, 0) is 6.54 Å². The molecule has 0 unspecified atom stereocenters. The van der Waals surface area contributed by atoms with Crippen molar-refractivity contribution >= 4 is 29.1 Å². The predicted octanol–water partition coefficient (Wildman–Crippen LogP) is 0.887. The van der Waals surface area contributed by atoms with Crippen molar-refractivity contribution in [2.45, 2.75) is 6.54 Å². The highest BCUT2D eigenvalue weighted by Gasteiger charge is 2.04. The zero-order valence-electron chi connectivity index (χ0n) is 7.40. The van der Waals surface area contributed by atoms with Crippen molar-refractivity contribution in [3.8, 4) is 0 Å². The van der Waals surface area contributed by atoms with Crippen LogP contribution in [0.1, 0.15) is 5.69 Å². The molecule has 0 atom stereocenters. The lowest BCUT2D eigenvalue weighted by atomic mass is 10.4. The minimum absolute atomic E-state index is 0.230. The van der Waals surface area contributed by atoms with Crippen LogP contribution in [0.15, 0.2) is 16.9 Å². The molecule has 0 spiro atoms. The number of nitrogens with one attached hydrogen (secondary N) is 2. The second-order valence-electron chi connectivity index (χ2n) is 2.67. The Kier molecular flexibility index (Phi) is 2.93. The number of hydrogen-bond donors (Lipinski definition) is 2. The van der Waals surface area contributed by atoms with E-state index in [0.717, 1.165) is 11.7 Å². The molecule has 8 heteroatoms. The second-order valence-corrected chi connectivity index (χ2v) is 3.56. The molecule has 2 N–H and O–H groups in total. The van der Waals surface area contributed by atoms with Gasteiger partial charge in [-0.2, -0.15) is 13.8 Å². The molecule has 0 saturated carbocycles. The molecule has 0 aliphatic rings. The first-order valence-electron chi connectivity index (χ1n) is 4.02. The van der Waals surface area contributed by atoms with Crippen molar-refractivity contribution in [3.05, 3.63) is 33.3 Å². The SMILES string of the molecule is O=c1ccc(CNc2nsnc2Cl)n[nH]1. The molecule has 0 aliphatic carbocycles. The van der Waals surface area contributed by atoms with Crippen molar-refractivity contribution in [2.24, 2.45) is 0 Å². The number of nitrogens with zero attached hydrogens (tertiary/aromatic N) is 3. The van der Waals surface area contributed by atoms with Gasteiger partial charge in [-0.25, -0.2) is 5.10 Å². The van der Waals surface area contributed by atoms with Gasteiger partial charge in [-0.1, -0.05) is 11.6 Å². The Morgan fingerprint density at radius 3 is 2.93 bits per heavy atom. The third-order valence-corrected chi connectivity index (χ3v) is 2.51. The number of rotatable bonds is 3. The van der Waals surface area contributed by atoms with E-state index in [2.05, 4.69) is 24.3 Å². The van der Waals surface area contributed by atoms with E-state index in [4.69, 9.17) is 11.6 Å². The highest BCUT2D eigenvalue weighted by atomic mass is 35.5. The maximum Gasteiger partial charge on any atom is 0.264 e. The molecule has 0 amide bonds. The molecule has 2 aromatic rings. The van der Waals surface area contributed by atoms with Crippen LogP contribution in [0.3, 0.4) is 0 Å². The molecule has 15 heavy (non-hydrogen) atoms. The zero-order chi connectivity index (χ0) is 10.7.